The zero-order valence-electron chi connectivity index (χ0n) is 10.6. The molecule has 0 bridgehead atoms. The average Bonchev–Trinajstić information content (AvgIpc) is 3.17. The zero-order chi connectivity index (χ0) is 13.1. The third-order valence-electron chi connectivity index (χ3n) is 3.60. The lowest BCUT2D eigenvalue weighted by molar-refractivity contribution is -0.131. The number of nitrogens with zero attached hydrogens (tertiary/aromatic N) is 1. The minimum atomic E-state index is 0.0884. The largest absolute Gasteiger partial charge is 0.341 e. The Morgan fingerprint density at radius 3 is 2.72 bits per heavy atom. The number of likely N-dealkylation sites (N-methyl/N-ethyl adjacent to an activating group) is 1. The smallest absolute Gasteiger partial charge is 0.227 e. The molecule has 1 fully saturated rings. The van der Waals surface area contributed by atoms with Crippen LogP contribution in [0.25, 0.3) is 0 Å². The third kappa shape index (κ3) is 3.03. The summed E-state index contributed by atoms with van der Waals surface area (Å²) in [7, 11) is 1.84. The Hall–Kier alpha value is -1.06. The van der Waals surface area contributed by atoms with E-state index in [0.717, 1.165) is 5.56 Å². The zero-order valence-corrected chi connectivity index (χ0v) is 11.4. The predicted octanol–water partition coefficient (Wildman–Crippen LogP) is 2.08. The summed E-state index contributed by atoms with van der Waals surface area (Å²) in [6.07, 6.45) is 2.72. The van der Waals surface area contributed by atoms with Gasteiger partial charge in [-0.15, -0.1) is 0 Å². The van der Waals surface area contributed by atoms with Crippen molar-refractivity contribution in [3.63, 3.8) is 0 Å². The number of halogens is 1. The van der Waals surface area contributed by atoms with Gasteiger partial charge in [-0.3, -0.25) is 4.79 Å². The molecule has 1 saturated carbocycles. The third-order valence-corrected chi connectivity index (χ3v) is 3.97. The van der Waals surface area contributed by atoms with Crippen LogP contribution in [0.15, 0.2) is 24.3 Å². The lowest BCUT2D eigenvalue weighted by Gasteiger charge is -2.27. The number of carbonyl (C=O) groups is 1. The van der Waals surface area contributed by atoms with Crippen LogP contribution in [0, 0.1) is 5.92 Å². The van der Waals surface area contributed by atoms with E-state index in [1.54, 1.807) is 4.90 Å². The number of amides is 1. The first-order chi connectivity index (χ1) is 8.63. The molecule has 2 rings (SSSR count). The summed E-state index contributed by atoms with van der Waals surface area (Å²) in [6.45, 7) is 0.537. The standard InChI is InChI=1S/C14H19ClN2O/c1-17(13(9-16)10-6-7-10)14(18)8-11-4-2-3-5-12(11)15/h2-5,10,13H,6-9,16H2,1H3. The molecule has 2 N–H and O–H groups in total. The summed E-state index contributed by atoms with van der Waals surface area (Å²) >= 11 is 6.07. The van der Waals surface area contributed by atoms with Gasteiger partial charge in [0.2, 0.25) is 5.91 Å². The molecule has 1 aromatic rings. The predicted molar refractivity (Wildman–Crippen MR) is 73.5 cm³/mol. The molecule has 1 amide bonds. The van der Waals surface area contributed by atoms with Crippen molar-refractivity contribution in [1.82, 2.24) is 4.90 Å². The molecule has 1 aromatic carbocycles. The van der Waals surface area contributed by atoms with Crippen LogP contribution in [0.5, 0.6) is 0 Å². The molecule has 3 nitrogen and oxygen atoms in total. The second-order valence-corrected chi connectivity index (χ2v) is 5.32. The summed E-state index contributed by atoms with van der Waals surface area (Å²) in [5, 5.41) is 0.648. The Labute approximate surface area is 113 Å². The van der Waals surface area contributed by atoms with Crippen LogP contribution < -0.4 is 5.73 Å². The Morgan fingerprint density at radius 2 is 2.17 bits per heavy atom. The summed E-state index contributed by atoms with van der Waals surface area (Å²) < 4.78 is 0. The number of hydrogen-bond acceptors (Lipinski definition) is 2. The molecule has 1 unspecified atom stereocenters. The van der Waals surface area contributed by atoms with E-state index < -0.39 is 0 Å². The lowest BCUT2D eigenvalue weighted by Crippen LogP contribution is -2.44. The minimum Gasteiger partial charge on any atom is -0.341 e. The van der Waals surface area contributed by atoms with Gasteiger partial charge < -0.3 is 10.6 Å². The van der Waals surface area contributed by atoms with Gasteiger partial charge in [0.15, 0.2) is 0 Å². The van der Waals surface area contributed by atoms with Gasteiger partial charge in [-0.05, 0) is 30.4 Å². The molecule has 1 aliphatic rings. The molecule has 0 aromatic heterocycles. The molecule has 18 heavy (non-hydrogen) atoms. The molecule has 0 heterocycles. The monoisotopic (exact) mass is 266 g/mol. The minimum absolute atomic E-state index is 0.0884. The molecule has 0 saturated heterocycles. The fourth-order valence-corrected chi connectivity index (χ4v) is 2.46. The van der Waals surface area contributed by atoms with Crippen molar-refractivity contribution in [2.45, 2.75) is 25.3 Å². The highest BCUT2D eigenvalue weighted by molar-refractivity contribution is 6.31. The van der Waals surface area contributed by atoms with Crippen molar-refractivity contribution in [2.75, 3.05) is 13.6 Å². The van der Waals surface area contributed by atoms with Gasteiger partial charge in [0.25, 0.3) is 0 Å². The number of carbonyl (C=O) groups excluding carboxylic acids is 1. The molecule has 4 heteroatoms. The maximum atomic E-state index is 12.2. The van der Waals surface area contributed by atoms with E-state index in [1.807, 2.05) is 31.3 Å². The van der Waals surface area contributed by atoms with Gasteiger partial charge >= 0.3 is 0 Å². The van der Waals surface area contributed by atoms with Crippen molar-refractivity contribution >= 4 is 17.5 Å². The van der Waals surface area contributed by atoms with E-state index in [1.165, 1.54) is 12.8 Å². The Balaban J connectivity index is 2.00. The van der Waals surface area contributed by atoms with Crippen LogP contribution in [0.2, 0.25) is 5.02 Å². The molecule has 0 aliphatic heterocycles. The number of benzene rings is 1. The fourth-order valence-electron chi connectivity index (χ4n) is 2.26. The first-order valence-corrected chi connectivity index (χ1v) is 6.70. The van der Waals surface area contributed by atoms with Crippen LogP contribution in [0.4, 0.5) is 0 Å². The van der Waals surface area contributed by atoms with Crippen molar-refractivity contribution in [1.29, 1.82) is 0 Å². The summed E-state index contributed by atoms with van der Waals surface area (Å²) in [4.78, 5) is 14.0. The maximum Gasteiger partial charge on any atom is 0.227 e. The van der Waals surface area contributed by atoms with E-state index in [9.17, 15) is 4.79 Å². The Kier molecular flexibility index (Phi) is 4.25. The first-order valence-electron chi connectivity index (χ1n) is 6.32. The number of nitrogens with two attached hydrogens (primary N) is 1. The highest BCUT2D eigenvalue weighted by atomic mass is 35.5. The second-order valence-electron chi connectivity index (χ2n) is 4.91. The highest BCUT2D eigenvalue weighted by Gasteiger charge is 2.34. The fraction of sp³-hybridized carbons (Fsp3) is 0.500. The van der Waals surface area contributed by atoms with Gasteiger partial charge in [-0.25, -0.2) is 0 Å². The van der Waals surface area contributed by atoms with E-state index in [4.69, 9.17) is 17.3 Å². The first kappa shape index (κ1) is 13.4. The number of rotatable bonds is 5. The highest BCUT2D eigenvalue weighted by Crippen LogP contribution is 2.34. The summed E-state index contributed by atoms with van der Waals surface area (Å²) in [5.41, 5.74) is 6.63. The number of hydrogen-bond donors (Lipinski definition) is 1. The van der Waals surface area contributed by atoms with Gasteiger partial charge in [0, 0.05) is 24.7 Å². The van der Waals surface area contributed by atoms with Gasteiger partial charge in [-0.2, -0.15) is 0 Å². The van der Waals surface area contributed by atoms with Gasteiger partial charge in [0.1, 0.15) is 0 Å². The SMILES string of the molecule is CN(C(=O)Cc1ccccc1Cl)C(CN)C1CC1. The van der Waals surface area contributed by atoms with E-state index in [0.29, 0.717) is 23.9 Å². The van der Waals surface area contributed by atoms with Crippen molar-refractivity contribution in [3.05, 3.63) is 34.9 Å². The maximum absolute atomic E-state index is 12.2. The van der Waals surface area contributed by atoms with Crippen molar-refractivity contribution in [3.8, 4) is 0 Å². The Bertz CT molecular complexity index is 432. The van der Waals surface area contributed by atoms with Crippen LogP contribution in [0.3, 0.4) is 0 Å². The van der Waals surface area contributed by atoms with Crippen LogP contribution >= 0.6 is 11.6 Å². The van der Waals surface area contributed by atoms with E-state index in [-0.39, 0.29) is 11.9 Å². The normalized spacial score (nSPS) is 16.4. The lowest BCUT2D eigenvalue weighted by atomic mass is 10.1. The molecule has 98 valence electrons. The Morgan fingerprint density at radius 1 is 1.50 bits per heavy atom. The van der Waals surface area contributed by atoms with Gasteiger partial charge in [0.05, 0.1) is 6.42 Å². The van der Waals surface area contributed by atoms with E-state index in [2.05, 4.69) is 0 Å². The molecule has 0 radical (unpaired) electrons. The molecule has 0 spiro atoms. The molecule has 1 aliphatic carbocycles. The summed E-state index contributed by atoms with van der Waals surface area (Å²) in [6, 6.07) is 7.65. The average molecular weight is 267 g/mol. The van der Waals surface area contributed by atoms with Crippen LogP contribution in [-0.2, 0) is 11.2 Å². The topological polar surface area (TPSA) is 46.3 Å². The second kappa shape index (κ2) is 5.72. The quantitative estimate of drug-likeness (QED) is 0.887. The van der Waals surface area contributed by atoms with Crippen LogP contribution in [-0.4, -0.2) is 30.4 Å². The van der Waals surface area contributed by atoms with Crippen molar-refractivity contribution < 1.29 is 4.79 Å². The van der Waals surface area contributed by atoms with E-state index >= 15 is 0 Å². The molecular weight excluding hydrogens is 248 g/mol. The molecular formula is C14H19ClN2O. The van der Waals surface area contributed by atoms with Crippen LogP contribution in [0.1, 0.15) is 18.4 Å². The van der Waals surface area contributed by atoms with Crippen molar-refractivity contribution in [2.24, 2.45) is 11.7 Å². The molecule has 1 atom stereocenters. The summed E-state index contributed by atoms with van der Waals surface area (Å²) in [5.74, 6) is 0.681. The van der Waals surface area contributed by atoms with Gasteiger partial charge in [-0.1, -0.05) is 29.8 Å².